The van der Waals surface area contributed by atoms with Gasteiger partial charge in [-0.15, -0.1) is 0 Å². The van der Waals surface area contributed by atoms with E-state index in [2.05, 4.69) is 17.2 Å². The maximum absolute atomic E-state index is 11.8. The van der Waals surface area contributed by atoms with E-state index >= 15 is 0 Å². The number of nitrogens with one attached hydrogen (secondary N) is 1. The summed E-state index contributed by atoms with van der Waals surface area (Å²) in [5, 5.41) is 9.22. The highest BCUT2D eigenvalue weighted by Gasteiger charge is 2.37. The molecular formula is C10H15N2O6PS. The molecule has 1 fully saturated rings. The van der Waals surface area contributed by atoms with E-state index in [-0.39, 0.29) is 13.0 Å². The fourth-order valence-electron chi connectivity index (χ4n) is 2.09. The summed E-state index contributed by atoms with van der Waals surface area (Å²) in [5.74, 6) is 0. The summed E-state index contributed by atoms with van der Waals surface area (Å²) in [6.45, 7) is 1.23. The quantitative estimate of drug-likeness (QED) is 0.524. The zero-order chi connectivity index (χ0) is 14.9. The lowest BCUT2D eigenvalue weighted by atomic mass is 10.2. The Morgan fingerprint density at radius 2 is 2.35 bits per heavy atom. The van der Waals surface area contributed by atoms with E-state index in [9.17, 15) is 19.3 Å². The molecule has 3 unspecified atom stereocenters. The molecule has 1 aromatic heterocycles. The molecule has 10 heteroatoms. The minimum Gasteiger partial charge on any atom is -0.394 e. The zero-order valence-electron chi connectivity index (χ0n) is 10.6. The molecule has 1 aliphatic heterocycles. The van der Waals surface area contributed by atoms with Crippen molar-refractivity contribution in [2.24, 2.45) is 0 Å². The lowest BCUT2D eigenvalue weighted by molar-refractivity contribution is -0.0410. The van der Waals surface area contributed by atoms with Gasteiger partial charge in [-0.1, -0.05) is 12.2 Å². The lowest BCUT2D eigenvalue weighted by Crippen LogP contribution is -2.33. The van der Waals surface area contributed by atoms with Crippen molar-refractivity contribution in [3.63, 3.8) is 0 Å². The van der Waals surface area contributed by atoms with Crippen LogP contribution in [0.25, 0.3) is 0 Å². The number of aliphatic hydroxyl groups excluding tert-OH is 1. The Morgan fingerprint density at radius 3 is 2.95 bits per heavy atom. The zero-order valence-corrected chi connectivity index (χ0v) is 12.5. The molecule has 4 atom stereocenters. The Hall–Kier alpha value is -0.860. The lowest BCUT2D eigenvalue weighted by Gasteiger charge is -2.15. The van der Waals surface area contributed by atoms with Gasteiger partial charge in [0.2, 0.25) is 7.23 Å². The molecular weight excluding hydrogens is 307 g/mol. The number of ether oxygens (including phenoxy) is 1. The van der Waals surface area contributed by atoms with Crippen molar-refractivity contribution in [2.45, 2.75) is 31.8 Å². The number of aromatic amines is 1. The van der Waals surface area contributed by atoms with Crippen LogP contribution in [0.3, 0.4) is 0 Å². The van der Waals surface area contributed by atoms with Gasteiger partial charge < -0.3 is 14.4 Å². The van der Waals surface area contributed by atoms with Crippen LogP contribution in [0.5, 0.6) is 0 Å². The predicted molar refractivity (Wildman–Crippen MR) is 74.5 cm³/mol. The molecule has 0 aromatic carbocycles. The predicted octanol–water partition coefficient (Wildman–Crippen LogP) is -0.170. The summed E-state index contributed by atoms with van der Waals surface area (Å²) in [7, 11) is -2.48. The molecule has 0 amide bonds. The average Bonchev–Trinajstić information content (AvgIpc) is 2.75. The number of aryl methyl sites for hydroxylation is 1. The standard InChI is InChI=1S/C10H15N2O6PS/c1-5-3-12(10(15)11-9(5)14)8-2-6(18-19(16)20)7(4-13)17-8/h3,6-8,13,19H,2,4H2,1H3,(H,16,20)(H,11,14,15)/t6-,7?,8?/m0/s1. The molecule has 2 rings (SSSR count). The molecule has 0 aliphatic carbocycles. The third kappa shape index (κ3) is 3.24. The number of nitrogens with zero attached hydrogens (tertiary/aromatic N) is 1. The van der Waals surface area contributed by atoms with Crippen LogP contribution >= 0.6 is 19.5 Å². The Balaban J connectivity index is 2.27. The highest BCUT2D eigenvalue weighted by Crippen LogP contribution is 2.38. The van der Waals surface area contributed by atoms with Crippen molar-refractivity contribution in [3.05, 3.63) is 32.6 Å². The smallest absolute Gasteiger partial charge is 0.330 e. The third-order valence-corrected chi connectivity index (χ3v) is 3.89. The number of hydrogen-bond donors (Lipinski definition) is 3. The maximum Gasteiger partial charge on any atom is 0.330 e. The highest BCUT2D eigenvalue weighted by molar-refractivity contribution is 8.39. The molecule has 112 valence electrons. The molecule has 2 N–H and O–H groups in total. The van der Waals surface area contributed by atoms with Crippen LogP contribution in [0.2, 0.25) is 0 Å². The summed E-state index contributed by atoms with van der Waals surface area (Å²) >= 11 is 3.69. The van der Waals surface area contributed by atoms with E-state index in [1.165, 1.54) is 10.8 Å². The van der Waals surface area contributed by atoms with Crippen LogP contribution in [0.4, 0.5) is 0 Å². The summed E-state index contributed by atoms with van der Waals surface area (Å²) in [6.07, 6.45) is -0.400. The van der Waals surface area contributed by atoms with Crippen molar-refractivity contribution in [2.75, 3.05) is 6.61 Å². The normalized spacial score (nSPS) is 27.6. The van der Waals surface area contributed by atoms with Crippen LogP contribution in [0.15, 0.2) is 15.8 Å². The molecule has 1 saturated heterocycles. The number of aromatic nitrogens is 2. The first kappa shape index (κ1) is 15.5. The van der Waals surface area contributed by atoms with E-state index in [1.54, 1.807) is 6.92 Å². The van der Waals surface area contributed by atoms with Gasteiger partial charge >= 0.3 is 5.69 Å². The molecule has 0 saturated carbocycles. The molecule has 0 bridgehead atoms. The van der Waals surface area contributed by atoms with Gasteiger partial charge in [0.1, 0.15) is 12.3 Å². The van der Waals surface area contributed by atoms with E-state index < -0.39 is 36.9 Å². The molecule has 8 nitrogen and oxygen atoms in total. The summed E-state index contributed by atoms with van der Waals surface area (Å²) in [5.41, 5.74) is -0.710. The van der Waals surface area contributed by atoms with Crippen molar-refractivity contribution < 1.29 is 18.9 Å². The van der Waals surface area contributed by atoms with E-state index in [0.29, 0.717) is 5.56 Å². The second-order valence-electron chi connectivity index (χ2n) is 4.45. The first-order valence-corrected chi connectivity index (χ1v) is 8.51. The van der Waals surface area contributed by atoms with Gasteiger partial charge in [0, 0.05) is 18.2 Å². The van der Waals surface area contributed by atoms with Gasteiger partial charge in [-0.05, 0) is 6.92 Å². The van der Waals surface area contributed by atoms with Crippen molar-refractivity contribution in [1.82, 2.24) is 9.55 Å². The number of H-pyrrole nitrogens is 1. The average molecular weight is 322 g/mol. The largest absolute Gasteiger partial charge is 0.394 e. The molecule has 1 aromatic rings. The number of thiol groups is 1. The SMILES string of the molecule is Cc1cn(C2C[C@H](O[PH](=O)S)C(CO)O2)c(=O)[nH]c1=O. The minimum atomic E-state index is -2.48. The molecule has 20 heavy (non-hydrogen) atoms. The van der Waals surface area contributed by atoms with Crippen LogP contribution in [-0.2, 0) is 13.8 Å². The van der Waals surface area contributed by atoms with Crippen LogP contribution in [-0.4, -0.2) is 33.5 Å². The number of aliphatic hydroxyl groups is 1. The first-order chi connectivity index (χ1) is 9.42. The molecule has 0 spiro atoms. The van der Waals surface area contributed by atoms with E-state index in [4.69, 9.17) is 9.26 Å². The number of rotatable bonds is 4. The third-order valence-electron chi connectivity index (χ3n) is 3.07. The maximum atomic E-state index is 11.8. The minimum absolute atomic E-state index is 0.230. The van der Waals surface area contributed by atoms with E-state index in [1.807, 2.05) is 0 Å². The van der Waals surface area contributed by atoms with Crippen molar-refractivity contribution >= 4 is 19.5 Å². The van der Waals surface area contributed by atoms with Crippen LogP contribution in [0.1, 0.15) is 18.2 Å². The van der Waals surface area contributed by atoms with Gasteiger partial charge in [-0.3, -0.25) is 18.9 Å². The topological polar surface area (TPSA) is 111 Å². The van der Waals surface area contributed by atoms with Gasteiger partial charge in [-0.2, -0.15) is 0 Å². The summed E-state index contributed by atoms with van der Waals surface area (Å²) in [6, 6.07) is 0. The van der Waals surface area contributed by atoms with Gasteiger partial charge in [-0.25, -0.2) is 4.79 Å². The van der Waals surface area contributed by atoms with Crippen LogP contribution in [0, 0.1) is 6.92 Å². The number of hydrogen-bond acceptors (Lipinski definition) is 6. The Labute approximate surface area is 119 Å². The second kappa shape index (κ2) is 6.28. The highest BCUT2D eigenvalue weighted by atomic mass is 32.7. The molecule has 2 heterocycles. The summed E-state index contributed by atoms with van der Waals surface area (Å²) < 4.78 is 22.9. The Bertz CT molecular complexity index is 629. The first-order valence-electron chi connectivity index (χ1n) is 5.90. The second-order valence-corrected chi connectivity index (χ2v) is 6.31. The van der Waals surface area contributed by atoms with Crippen molar-refractivity contribution in [3.8, 4) is 0 Å². The Kier molecular flexibility index (Phi) is 4.87. The van der Waals surface area contributed by atoms with Gasteiger partial charge in [0.15, 0.2) is 0 Å². The van der Waals surface area contributed by atoms with Gasteiger partial charge in [0.05, 0.1) is 12.7 Å². The van der Waals surface area contributed by atoms with Crippen LogP contribution < -0.4 is 11.2 Å². The van der Waals surface area contributed by atoms with Crippen molar-refractivity contribution in [1.29, 1.82) is 0 Å². The summed E-state index contributed by atoms with van der Waals surface area (Å²) in [4.78, 5) is 25.2. The van der Waals surface area contributed by atoms with Gasteiger partial charge in [0.25, 0.3) is 5.56 Å². The monoisotopic (exact) mass is 322 g/mol. The molecule has 1 aliphatic rings. The molecule has 0 radical (unpaired) electrons. The van der Waals surface area contributed by atoms with E-state index in [0.717, 1.165) is 0 Å². The fraction of sp³-hybridized carbons (Fsp3) is 0.600. The Morgan fingerprint density at radius 1 is 1.65 bits per heavy atom. The fourth-order valence-corrected chi connectivity index (χ4v) is 3.00.